The second-order valence-electron chi connectivity index (χ2n) is 7.99. The SMILES string of the molecule is CCCC(=O)N1CCN(c2ccc(Cl)cc2NC(=O)COc2cc(C)c(Cl)c(C)c2)CC1. The minimum atomic E-state index is -0.282. The highest BCUT2D eigenvalue weighted by molar-refractivity contribution is 6.32. The van der Waals surface area contributed by atoms with Gasteiger partial charge < -0.3 is 19.9 Å². The first-order valence-electron chi connectivity index (χ1n) is 10.8. The van der Waals surface area contributed by atoms with Gasteiger partial charge >= 0.3 is 0 Å². The van der Waals surface area contributed by atoms with Gasteiger partial charge in [-0.25, -0.2) is 0 Å². The van der Waals surface area contributed by atoms with E-state index in [2.05, 4.69) is 10.2 Å². The molecule has 0 spiro atoms. The standard InChI is InChI=1S/C24H29Cl2N3O3/c1-4-5-23(31)29-10-8-28(9-11-29)21-7-6-18(25)14-20(21)27-22(30)15-32-19-12-16(2)24(26)17(3)13-19/h6-7,12-14H,4-5,8-11,15H2,1-3H3,(H,27,30). The number of hydrogen-bond donors (Lipinski definition) is 1. The molecular weight excluding hydrogens is 449 g/mol. The number of halogens is 2. The van der Waals surface area contributed by atoms with Crippen molar-refractivity contribution >= 4 is 46.4 Å². The molecule has 2 aromatic carbocycles. The highest BCUT2D eigenvalue weighted by Crippen LogP contribution is 2.30. The van der Waals surface area contributed by atoms with Crippen LogP contribution in [0.4, 0.5) is 11.4 Å². The van der Waals surface area contributed by atoms with E-state index in [0.29, 0.717) is 54.1 Å². The number of carbonyl (C=O) groups excluding carboxylic acids is 2. The van der Waals surface area contributed by atoms with E-state index in [1.54, 1.807) is 12.1 Å². The summed E-state index contributed by atoms with van der Waals surface area (Å²) in [5.74, 6) is 0.510. The molecule has 8 heteroatoms. The molecule has 1 aliphatic rings. The van der Waals surface area contributed by atoms with E-state index in [0.717, 1.165) is 23.2 Å². The summed E-state index contributed by atoms with van der Waals surface area (Å²) in [6.07, 6.45) is 1.43. The van der Waals surface area contributed by atoms with Crippen LogP contribution in [0.1, 0.15) is 30.9 Å². The molecule has 32 heavy (non-hydrogen) atoms. The van der Waals surface area contributed by atoms with Gasteiger partial charge in [-0.05, 0) is 61.7 Å². The first-order valence-corrected chi connectivity index (χ1v) is 11.6. The summed E-state index contributed by atoms with van der Waals surface area (Å²) < 4.78 is 5.67. The van der Waals surface area contributed by atoms with Gasteiger partial charge in [0.25, 0.3) is 5.91 Å². The molecular formula is C24H29Cl2N3O3. The van der Waals surface area contributed by atoms with Gasteiger partial charge in [-0.1, -0.05) is 30.1 Å². The Morgan fingerprint density at radius 1 is 1.03 bits per heavy atom. The zero-order valence-corrected chi connectivity index (χ0v) is 20.2. The summed E-state index contributed by atoms with van der Waals surface area (Å²) in [6.45, 7) is 8.38. The van der Waals surface area contributed by atoms with Crippen LogP contribution in [-0.2, 0) is 9.59 Å². The lowest BCUT2D eigenvalue weighted by Crippen LogP contribution is -2.49. The van der Waals surface area contributed by atoms with Crippen LogP contribution in [0.15, 0.2) is 30.3 Å². The van der Waals surface area contributed by atoms with Gasteiger partial charge in [0.15, 0.2) is 6.61 Å². The van der Waals surface area contributed by atoms with Crippen LogP contribution >= 0.6 is 23.2 Å². The molecule has 1 fully saturated rings. The van der Waals surface area contributed by atoms with E-state index < -0.39 is 0 Å². The zero-order chi connectivity index (χ0) is 23.3. The third-order valence-corrected chi connectivity index (χ3v) is 6.28. The summed E-state index contributed by atoms with van der Waals surface area (Å²) in [5, 5.41) is 4.15. The maximum Gasteiger partial charge on any atom is 0.262 e. The third kappa shape index (κ3) is 6.08. The molecule has 3 rings (SSSR count). The minimum Gasteiger partial charge on any atom is -0.484 e. The van der Waals surface area contributed by atoms with Crippen LogP contribution in [0.3, 0.4) is 0 Å². The van der Waals surface area contributed by atoms with Crippen LogP contribution in [0, 0.1) is 13.8 Å². The average Bonchev–Trinajstić information content (AvgIpc) is 2.76. The Balaban J connectivity index is 1.64. The van der Waals surface area contributed by atoms with Gasteiger partial charge in [0.05, 0.1) is 11.4 Å². The number of rotatable bonds is 7. The number of hydrogen-bond acceptors (Lipinski definition) is 4. The number of aryl methyl sites for hydroxylation is 2. The number of nitrogens with zero attached hydrogens (tertiary/aromatic N) is 2. The molecule has 0 atom stereocenters. The van der Waals surface area contributed by atoms with Crippen molar-refractivity contribution in [1.82, 2.24) is 4.90 Å². The minimum absolute atomic E-state index is 0.133. The van der Waals surface area contributed by atoms with Gasteiger partial charge in [0.1, 0.15) is 5.75 Å². The number of nitrogens with one attached hydrogen (secondary N) is 1. The Bertz CT molecular complexity index is 965. The molecule has 1 saturated heterocycles. The molecule has 6 nitrogen and oxygen atoms in total. The van der Waals surface area contributed by atoms with Crippen LogP contribution in [0.5, 0.6) is 5.75 Å². The molecule has 0 aromatic heterocycles. The monoisotopic (exact) mass is 477 g/mol. The van der Waals surface area contributed by atoms with Crippen LogP contribution in [0.25, 0.3) is 0 Å². The van der Waals surface area contributed by atoms with Crippen molar-refractivity contribution in [2.24, 2.45) is 0 Å². The van der Waals surface area contributed by atoms with Gasteiger partial charge in [-0.2, -0.15) is 0 Å². The Labute approximate surface area is 199 Å². The van der Waals surface area contributed by atoms with Gasteiger partial charge in [0.2, 0.25) is 5.91 Å². The zero-order valence-electron chi connectivity index (χ0n) is 18.7. The van der Waals surface area contributed by atoms with Crippen molar-refractivity contribution < 1.29 is 14.3 Å². The van der Waals surface area contributed by atoms with Crippen molar-refractivity contribution in [3.63, 3.8) is 0 Å². The van der Waals surface area contributed by atoms with Crippen molar-refractivity contribution in [3.05, 3.63) is 51.5 Å². The first-order chi connectivity index (χ1) is 15.3. The largest absolute Gasteiger partial charge is 0.484 e. The summed E-state index contributed by atoms with van der Waals surface area (Å²) in [7, 11) is 0. The van der Waals surface area contributed by atoms with Crippen molar-refractivity contribution in [2.75, 3.05) is 43.0 Å². The fraction of sp³-hybridized carbons (Fsp3) is 0.417. The van der Waals surface area contributed by atoms with E-state index in [9.17, 15) is 9.59 Å². The lowest BCUT2D eigenvalue weighted by molar-refractivity contribution is -0.131. The second-order valence-corrected chi connectivity index (χ2v) is 8.80. The molecule has 0 aliphatic carbocycles. The van der Waals surface area contributed by atoms with Gasteiger partial charge in [-0.3, -0.25) is 9.59 Å². The van der Waals surface area contributed by atoms with E-state index >= 15 is 0 Å². The quantitative estimate of drug-likeness (QED) is 0.603. The number of carbonyl (C=O) groups is 2. The van der Waals surface area contributed by atoms with Crippen LogP contribution in [0.2, 0.25) is 10.0 Å². The maximum absolute atomic E-state index is 12.6. The molecule has 2 aromatic rings. The topological polar surface area (TPSA) is 61.9 Å². The number of piperazine rings is 1. The summed E-state index contributed by atoms with van der Waals surface area (Å²) in [4.78, 5) is 28.8. The van der Waals surface area contributed by atoms with E-state index in [-0.39, 0.29) is 18.4 Å². The van der Waals surface area contributed by atoms with E-state index in [4.69, 9.17) is 27.9 Å². The average molecular weight is 478 g/mol. The molecule has 0 bridgehead atoms. The van der Waals surface area contributed by atoms with Crippen molar-refractivity contribution in [1.29, 1.82) is 0 Å². The lowest BCUT2D eigenvalue weighted by Gasteiger charge is -2.37. The summed E-state index contributed by atoms with van der Waals surface area (Å²) in [5.41, 5.74) is 3.30. The van der Waals surface area contributed by atoms with Crippen molar-refractivity contribution in [3.8, 4) is 5.75 Å². The third-order valence-electron chi connectivity index (χ3n) is 5.45. The number of amides is 2. The normalized spacial score (nSPS) is 13.8. The molecule has 172 valence electrons. The molecule has 0 unspecified atom stereocenters. The maximum atomic E-state index is 12.6. The van der Waals surface area contributed by atoms with Crippen molar-refractivity contribution in [2.45, 2.75) is 33.6 Å². The fourth-order valence-electron chi connectivity index (χ4n) is 3.78. The van der Waals surface area contributed by atoms with Crippen LogP contribution in [-0.4, -0.2) is 49.5 Å². The number of anilines is 2. The molecule has 1 N–H and O–H groups in total. The molecule has 1 heterocycles. The van der Waals surface area contributed by atoms with E-state index in [1.807, 2.05) is 43.9 Å². The van der Waals surface area contributed by atoms with Gasteiger partial charge in [0, 0.05) is 42.6 Å². The summed E-state index contributed by atoms with van der Waals surface area (Å²) >= 11 is 12.4. The first kappa shape index (κ1) is 24.2. The molecule has 0 radical (unpaired) electrons. The molecule has 2 amide bonds. The Morgan fingerprint density at radius 2 is 1.69 bits per heavy atom. The molecule has 1 aliphatic heterocycles. The fourth-order valence-corrected chi connectivity index (χ4v) is 4.06. The highest BCUT2D eigenvalue weighted by Gasteiger charge is 2.23. The number of benzene rings is 2. The number of ether oxygens (including phenoxy) is 1. The highest BCUT2D eigenvalue weighted by atomic mass is 35.5. The predicted octanol–water partition coefficient (Wildman–Crippen LogP) is 5.08. The Hall–Kier alpha value is -2.44. The molecule has 0 saturated carbocycles. The Kier molecular flexibility index (Phi) is 8.26. The Morgan fingerprint density at radius 3 is 2.31 bits per heavy atom. The lowest BCUT2D eigenvalue weighted by atomic mass is 10.1. The van der Waals surface area contributed by atoms with E-state index in [1.165, 1.54) is 0 Å². The van der Waals surface area contributed by atoms with Crippen LogP contribution < -0.4 is 15.0 Å². The predicted molar refractivity (Wildman–Crippen MR) is 130 cm³/mol. The summed E-state index contributed by atoms with van der Waals surface area (Å²) in [6, 6.07) is 9.06. The smallest absolute Gasteiger partial charge is 0.262 e. The van der Waals surface area contributed by atoms with Gasteiger partial charge in [-0.15, -0.1) is 0 Å². The second kappa shape index (κ2) is 10.9.